The van der Waals surface area contributed by atoms with Crippen molar-refractivity contribution in [3.8, 4) is 5.75 Å². The first-order valence-corrected chi connectivity index (χ1v) is 12.0. The van der Waals surface area contributed by atoms with Gasteiger partial charge in [0.2, 0.25) is 0 Å². The smallest absolute Gasteiger partial charge is 0.335 e. The van der Waals surface area contributed by atoms with Gasteiger partial charge in [-0.3, -0.25) is 9.80 Å². The summed E-state index contributed by atoms with van der Waals surface area (Å²) in [6.07, 6.45) is 4.80. The zero-order valence-electron chi connectivity index (χ0n) is 19.8. The number of aryl methyl sites for hydroxylation is 1. The van der Waals surface area contributed by atoms with E-state index in [9.17, 15) is 14.3 Å². The second-order valence-electron chi connectivity index (χ2n) is 9.60. The van der Waals surface area contributed by atoms with Gasteiger partial charge in [0.15, 0.2) is 0 Å². The van der Waals surface area contributed by atoms with Gasteiger partial charge < -0.3 is 14.8 Å². The molecule has 0 radical (unpaired) electrons. The number of H-pyrrole nitrogens is 1. The van der Waals surface area contributed by atoms with E-state index < -0.39 is 5.97 Å². The number of ether oxygens (including phenoxy) is 1. The minimum Gasteiger partial charge on any atom is -0.496 e. The Kier molecular flexibility index (Phi) is 6.08. The molecule has 3 aromatic rings. The molecule has 0 spiro atoms. The van der Waals surface area contributed by atoms with Gasteiger partial charge in [0.05, 0.1) is 12.7 Å². The number of aromatic carboxylic acids is 1. The summed E-state index contributed by atoms with van der Waals surface area (Å²) < 4.78 is 19.2. The Labute approximate surface area is 199 Å². The van der Waals surface area contributed by atoms with Crippen LogP contribution in [0.2, 0.25) is 0 Å². The minimum absolute atomic E-state index is 0.239. The number of hydrogen-bond acceptors (Lipinski definition) is 4. The molecule has 3 fully saturated rings. The molecular formula is C27H32FN3O3. The summed E-state index contributed by atoms with van der Waals surface area (Å²) in [7, 11) is 1.72. The van der Waals surface area contributed by atoms with Crippen LogP contribution < -0.4 is 4.74 Å². The number of alkyl halides is 1. The van der Waals surface area contributed by atoms with E-state index in [4.69, 9.17) is 4.74 Å². The predicted octanol–water partition coefficient (Wildman–Crippen LogP) is 4.72. The van der Waals surface area contributed by atoms with Gasteiger partial charge in [-0.05, 0) is 61.6 Å². The monoisotopic (exact) mass is 465 g/mol. The number of carboxylic acids is 1. The van der Waals surface area contributed by atoms with Crippen LogP contribution >= 0.6 is 0 Å². The number of piperidine rings is 1. The van der Waals surface area contributed by atoms with Gasteiger partial charge in [-0.15, -0.1) is 0 Å². The third-order valence-electron chi connectivity index (χ3n) is 7.98. The fraction of sp³-hybridized carbons (Fsp3) is 0.444. The SMILES string of the molecule is COc1cc(C)c2[nH]ccc2c1CN1CC2CCC1(c1ccc(C(=O)O)cc1)CCN2CCF. The summed E-state index contributed by atoms with van der Waals surface area (Å²) in [5, 5.41) is 10.6. The standard InChI is InChI=1S/C27H32FN3O3/c1-18-15-24(34-2)23(22-8-12-29-25(18)22)17-31-16-21-7-9-27(31,10-13-30(21)14-11-28)20-5-3-19(4-6-20)26(32)33/h3-6,8,12,15,21,29H,7,9-11,13-14,16-17H2,1-2H3,(H,32,33). The Hall–Kier alpha value is -2.90. The molecule has 180 valence electrons. The summed E-state index contributed by atoms with van der Waals surface area (Å²) in [6.45, 7) is 4.58. The summed E-state index contributed by atoms with van der Waals surface area (Å²) in [5.41, 5.74) is 4.60. The molecule has 0 saturated carbocycles. The molecule has 4 heterocycles. The largest absolute Gasteiger partial charge is 0.496 e. The number of rotatable bonds is 7. The van der Waals surface area contributed by atoms with E-state index in [2.05, 4.69) is 33.8 Å². The molecule has 7 heteroatoms. The maximum absolute atomic E-state index is 13.4. The molecule has 6 nitrogen and oxygen atoms in total. The lowest BCUT2D eigenvalue weighted by molar-refractivity contribution is 0.0233. The molecule has 34 heavy (non-hydrogen) atoms. The second-order valence-corrected chi connectivity index (χ2v) is 9.60. The van der Waals surface area contributed by atoms with E-state index in [-0.39, 0.29) is 12.2 Å². The zero-order valence-corrected chi connectivity index (χ0v) is 19.8. The van der Waals surface area contributed by atoms with Gasteiger partial charge >= 0.3 is 5.97 Å². The van der Waals surface area contributed by atoms with Gasteiger partial charge in [0, 0.05) is 60.4 Å². The van der Waals surface area contributed by atoms with Gasteiger partial charge in [-0.2, -0.15) is 0 Å². The quantitative estimate of drug-likeness (QED) is 0.529. The zero-order chi connectivity index (χ0) is 23.9. The first kappa shape index (κ1) is 22.9. The molecule has 0 aliphatic carbocycles. The van der Waals surface area contributed by atoms with E-state index in [0.717, 1.165) is 65.7 Å². The topological polar surface area (TPSA) is 68.8 Å². The number of fused-ring (bicyclic) bond motifs is 5. The summed E-state index contributed by atoms with van der Waals surface area (Å²) in [6, 6.07) is 11.9. The van der Waals surface area contributed by atoms with Crippen molar-refractivity contribution in [2.75, 3.05) is 33.4 Å². The lowest BCUT2D eigenvalue weighted by atomic mass is 9.77. The first-order chi connectivity index (χ1) is 16.5. The summed E-state index contributed by atoms with van der Waals surface area (Å²) in [4.78, 5) is 19.6. The highest BCUT2D eigenvalue weighted by Gasteiger charge is 2.47. The second kappa shape index (κ2) is 9.04. The van der Waals surface area contributed by atoms with E-state index in [1.165, 1.54) is 0 Å². The summed E-state index contributed by atoms with van der Waals surface area (Å²) >= 11 is 0. The van der Waals surface area contributed by atoms with Crippen LogP contribution in [0.1, 0.15) is 46.3 Å². The maximum Gasteiger partial charge on any atom is 0.335 e. The number of aromatic amines is 1. The van der Waals surface area contributed by atoms with Crippen molar-refractivity contribution < 1.29 is 19.0 Å². The van der Waals surface area contributed by atoms with Crippen LogP contribution in [0.4, 0.5) is 4.39 Å². The van der Waals surface area contributed by atoms with Crippen LogP contribution in [0.5, 0.6) is 5.75 Å². The van der Waals surface area contributed by atoms with E-state index in [1.54, 1.807) is 19.2 Å². The molecule has 6 rings (SSSR count). The number of carbonyl (C=O) groups is 1. The van der Waals surface area contributed by atoms with Crippen molar-refractivity contribution in [1.29, 1.82) is 0 Å². The van der Waals surface area contributed by atoms with E-state index in [1.807, 2.05) is 18.3 Å². The average Bonchev–Trinajstić information content (AvgIpc) is 3.22. The van der Waals surface area contributed by atoms with Gasteiger partial charge in [0.25, 0.3) is 0 Å². The van der Waals surface area contributed by atoms with Crippen LogP contribution in [0.15, 0.2) is 42.6 Å². The van der Waals surface area contributed by atoms with Crippen molar-refractivity contribution in [3.63, 3.8) is 0 Å². The molecule has 3 aliphatic rings. The molecule has 2 N–H and O–H groups in total. The highest BCUT2D eigenvalue weighted by molar-refractivity contribution is 5.88. The number of halogens is 1. The third kappa shape index (κ3) is 3.77. The third-order valence-corrected chi connectivity index (χ3v) is 7.98. The van der Waals surface area contributed by atoms with Crippen LogP contribution in [0.3, 0.4) is 0 Å². The molecule has 3 saturated heterocycles. The van der Waals surface area contributed by atoms with E-state index in [0.29, 0.717) is 24.7 Å². The number of hydrogen-bond donors (Lipinski definition) is 2. The molecule has 2 aromatic carbocycles. The van der Waals surface area contributed by atoms with Crippen molar-refractivity contribution in [3.05, 3.63) is 64.8 Å². The minimum atomic E-state index is -0.918. The van der Waals surface area contributed by atoms with Gasteiger partial charge in [-0.1, -0.05) is 12.1 Å². The highest BCUT2D eigenvalue weighted by atomic mass is 19.1. The van der Waals surface area contributed by atoms with Crippen molar-refractivity contribution in [1.82, 2.24) is 14.8 Å². The number of carboxylic acid groups (broad SMARTS) is 1. The van der Waals surface area contributed by atoms with Crippen LogP contribution in [0, 0.1) is 6.92 Å². The molecule has 3 aliphatic heterocycles. The van der Waals surface area contributed by atoms with Crippen molar-refractivity contribution in [2.24, 2.45) is 0 Å². The number of aromatic nitrogens is 1. The Bertz CT molecular complexity index is 1190. The molecule has 2 atom stereocenters. The number of nitrogens with zero attached hydrogens (tertiary/aromatic N) is 2. The molecule has 2 bridgehead atoms. The number of methoxy groups -OCH3 is 1. The maximum atomic E-state index is 13.4. The fourth-order valence-electron chi connectivity index (χ4n) is 6.16. The Morgan fingerprint density at radius 3 is 2.76 bits per heavy atom. The first-order valence-electron chi connectivity index (χ1n) is 12.0. The normalized spacial score (nSPS) is 23.3. The lowest BCUT2D eigenvalue weighted by Gasteiger charge is -2.48. The lowest BCUT2D eigenvalue weighted by Crippen LogP contribution is -2.53. The number of benzene rings is 2. The molecule has 2 unspecified atom stereocenters. The number of nitrogens with one attached hydrogen (secondary N) is 1. The van der Waals surface area contributed by atoms with Gasteiger partial charge in [-0.25, -0.2) is 9.18 Å². The van der Waals surface area contributed by atoms with Crippen LogP contribution in [-0.4, -0.2) is 65.3 Å². The summed E-state index contributed by atoms with van der Waals surface area (Å²) in [5.74, 6) is -0.0412. The van der Waals surface area contributed by atoms with Crippen LogP contribution in [-0.2, 0) is 12.1 Å². The molecule has 1 aromatic heterocycles. The van der Waals surface area contributed by atoms with Crippen molar-refractivity contribution in [2.45, 2.75) is 44.3 Å². The molecule has 0 amide bonds. The Morgan fingerprint density at radius 1 is 1.26 bits per heavy atom. The fourth-order valence-corrected chi connectivity index (χ4v) is 6.16. The van der Waals surface area contributed by atoms with Gasteiger partial charge in [0.1, 0.15) is 12.4 Å². The Balaban J connectivity index is 1.59. The van der Waals surface area contributed by atoms with Crippen molar-refractivity contribution >= 4 is 16.9 Å². The highest BCUT2D eigenvalue weighted by Crippen LogP contribution is 2.46. The predicted molar refractivity (Wildman–Crippen MR) is 130 cm³/mol. The average molecular weight is 466 g/mol. The molecular weight excluding hydrogens is 433 g/mol. The van der Waals surface area contributed by atoms with Crippen LogP contribution in [0.25, 0.3) is 10.9 Å². The van der Waals surface area contributed by atoms with E-state index >= 15 is 0 Å². The Morgan fingerprint density at radius 2 is 2.06 bits per heavy atom.